The second-order valence-corrected chi connectivity index (χ2v) is 5.33. The third-order valence-corrected chi connectivity index (χ3v) is 2.47. The number of aromatic nitrogens is 2. The first-order valence-corrected chi connectivity index (χ1v) is 6.10. The van der Waals surface area contributed by atoms with Crippen LogP contribution in [0, 0.1) is 0 Å². The van der Waals surface area contributed by atoms with Gasteiger partial charge in [-0.05, 0) is 32.6 Å². The molecular weight excluding hydrogens is 297 g/mol. The van der Waals surface area contributed by atoms with E-state index >= 15 is 0 Å². The van der Waals surface area contributed by atoms with Gasteiger partial charge in [-0.15, -0.1) is 0 Å². The Balaban J connectivity index is 2.81. The van der Waals surface area contributed by atoms with E-state index in [2.05, 4.69) is 15.3 Å². The van der Waals surface area contributed by atoms with Gasteiger partial charge in [-0.3, -0.25) is 0 Å². The lowest BCUT2D eigenvalue weighted by atomic mass is 10.1. The molecule has 1 aromatic heterocycles. The average Bonchev–Trinajstić information content (AvgIpc) is 2.23. The molecule has 1 unspecified atom stereocenters. The van der Waals surface area contributed by atoms with Gasteiger partial charge in [-0.25, -0.2) is 9.97 Å². The van der Waals surface area contributed by atoms with E-state index in [1.807, 2.05) is 0 Å². The first kappa shape index (κ1) is 16.9. The van der Waals surface area contributed by atoms with Crippen molar-refractivity contribution in [3.05, 3.63) is 17.0 Å². The van der Waals surface area contributed by atoms with E-state index in [0.29, 0.717) is 6.54 Å². The quantitative estimate of drug-likeness (QED) is 0.813. The number of aliphatic hydroxyl groups is 1. The minimum Gasteiger partial charge on any atom is -0.387 e. The molecule has 9 heteroatoms. The fourth-order valence-electron chi connectivity index (χ4n) is 1.67. The van der Waals surface area contributed by atoms with Gasteiger partial charge < -0.3 is 15.3 Å². The maximum Gasteiger partial charge on any atom is 0.433 e. The summed E-state index contributed by atoms with van der Waals surface area (Å²) in [5.41, 5.74) is -2.26. The second kappa shape index (κ2) is 6.11. The van der Waals surface area contributed by atoms with E-state index in [4.69, 9.17) is 11.6 Å². The molecule has 0 aromatic carbocycles. The molecule has 0 radical (unpaired) electrons. The van der Waals surface area contributed by atoms with E-state index < -0.39 is 22.8 Å². The summed E-state index contributed by atoms with van der Waals surface area (Å²) in [4.78, 5) is 8.52. The van der Waals surface area contributed by atoms with Crippen LogP contribution in [-0.4, -0.2) is 52.8 Å². The Labute approximate surface area is 119 Å². The minimum atomic E-state index is -4.60. The summed E-state index contributed by atoms with van der Waals surface area (Å²) in [6.07, 6.45) is -4.60. The van der Waals surface area contributed by atoms with Crippen molar-refractivity contribution in [1.29, 1.82) is 0 Å². The Bertz CT molecular complexity index is 465. The Hall–Kier alpha value is -1.12. The molecule has 0 aliphatic rings. The number of halogens is 4. The number of alkyl halides is 3. The third kappa shape index (κ3) is 5.48. The van der Waals surface area contributed by atoms with Crippen LogP contribution in [-0.2, 0) is 6.18 Å². The van der Waals surface area contributed by atoms with Crippen LogP contribution in [0.1, 0.15) is 12.6 Å². The zero-order chi connectivity index (χ0) is 15.6. The minimum absolute atomic E-state index is 0.0236. The highest BCUT2D eigenvalue weighted by Crippen LogP contribution is 2.29. The van der Waals surface area contributed by atoms with E-state index in [-0.39, 0.29) is 12.4 Å². The van der Waals surface area contributed by atoms with Crippen LogP contribution in [0.4, 0.5) is 19.0 Å². The molecule has 0 bridgehead atoms. The lowest BCUT2D eigenvalue weighted by Crippen LogP contribution is -2.43. The van der Waals surface area contributed by atoms with Gasteiger partial charge in [0.05, 0.1) is 5.60 Å². The monoisotopic (exact) mass is 312 g/mol. The van der Waals surface area contributed by atoms with Gasteiger partial charge in [0.15, 0.2) is 5.69 Å². The van der Waals surface area contributed by atoms with Crippen molar-refractivity contribution in [2.45, 2.75) is 18.7 Å². The van der Waals surface area contributed by atoms with Crippen molar-refractivity contribution in [2.24, 2.45) is 0 Å². The van der Waals surface area contributed by atoms with Crippen LogP contribution in [0.3, 0.4) is 0 Å². The number of anilines is 1. The van der Waals surface area contributed by atoms with Crippen LogP contribution >= 0.6 is 11.6 Å². The van der Waals surface area contributed by atoms with Gasteiger partial charge in [0.1, 0.15) is 5.82 Å². The van der Waals surface area contributed by atoms with E-state index in [1.165, 1.54) is 0 Å². The van der Waals surface area contributed by atoms with Gasteiger partial charge in [0.25, 0.3) is 0 Å². The molecule has 0 saturated carbocycles. The summed E-state index contributed by atoms with van der Waals surface area (Å²) in [5.74, 6) is -0.0867. The number of hydrogen-bond donors (Lipinski definition) is 2. The molecule has 0 aliphatic heterocycles. The molecule has 0 amide bonds. The van der Waals surface area contributed by atoms with Gasteiger partial charge in [-0.2, -0.15) is 13.2 Å². The average molecular weight is 313 g/mol. The number of likely N-dealkylation sites (N-methyl/N-ethyl adjacent to an activating group) is 1. The first-order chi connectivity index (χ1) is 8.99. The van der Waals surface area contributed by atoms with Crippen molar-refractivity contribution >= 4 is 17.4 Å². The summed E-state index contributed by atoms with van der Waals surface area (Å²) in [6.45, 7) is 1.92. The van der Waals surface area contributed by atoms with Gasteiger partial charge in [0, 0.05) is 19.2 Å². The summed E-state index contributed by atoms with van der Waals surface area (Å²) in [7, 11) is 3.55. The fraction of sp³-hybridized carbons (Fsp3) is 0.636. The maximum absolute atomic E-state index is 12.6. The topological polar surface area (TPSA) is 61.3 Å². The maximum atomic E-state index is 12.6. The molecule has 5 nitrogen and oxygen atoms in total. The Kier molecular flexibility index (Phi) is 5.17. The van der Waals surface area contributed by atoms with Crippen molar-refractivity contribution in [2.75, 3.05) is 32.5 Å². The zero-order valence-corrected chi connectivity index (χ0v) is 12.0. The molecule has 2 N–H and O–H groups in total. The van der Waals surface area contributed by atoms with Gasteiger partial charge >= 0.3 is 6.18 Å². The van der Waals surface area contributed by atoms with Crippen LogP contribution in [0.25, 0.3) is 0 Å². The van der Waals surface area contributed by atoms with Crippen molar-refractivity contribution < 1.29 is 18.3 Å². The molecule has 114 valence electrons. The lowest BCUT2D eigenvalue weighted by molar-refractivity contribution is -0.141. The Morgan fingerprint density at radius 2 is 1.95 bits per heavy atom. The molecule has 1 atom stereocenters. The second-order valence-electron chi connectivity index (χ2n) is 4.99. The van der Waals surface area contributed by atoms with Crippen LogP contribution in [0.2, 0.25) is 5.28 Å². The number of rotatable bonds is 5. The van der Waals surface area contributed by atoms with Gasteiger partial charge in [0.2, 0.25) is 5.28 Å². The van der Waals surface area contributed by atoms with Crippen LogP contribution in [0.5, 0.6) is 0 Å². The Morgan fingerprint density at radius 3 is 2.45 bits per heavy atom. The van der Waals surface area contributed by atoms with Gasteiger partial charge in [-0.1, -0.05) is 0 Å². The molecule has 20 heavy (non-hydrogen) atoms. The highest BCUT2D eigenvalue weighted by molar-refractivity contribution is 6.28. The fourth-order valence-corrected chi connectivity index (χ4v) is 1.85. The molecule has 0 spiro atoms. The summed E-state index contributed by atoms with van der Waals surface area (Å²) < 4.78 is 37.7. The predicted molar refractivity (Wildman–Crippen MR) is 69.7 cm³/mol. The SMILES string of the molecule is CN(C)CC(C)(O)CNc1cc(C(F)(F)F)nc(Cl)n1. The number of hydrogen-bond acceptors (Lipinski definition) is 5. The molecule has 0 saturated heterocycles. The van der Waals surface area contributed by atoms with E-state index in [1.54, 1.807) is 25.9 Å². The van der Waals surface area contributed by atoms with Crippen LogP contribution in [0.15, 0.2) is 6.07 Å². The predicted octanol–water partition coefficient (Wildman–Crippen LogP) is 1.87. The molecule has 1 aromatic rings. The highest BCUT2D eigenvalue weighted by Gasteiger charge is 2.33. The molecule has 0 aliphatic carbocycles. The standard InChI is InChI=1S/C11H16ClF3N4O/c1-10(20,6-19(2)3)5-16-8-4-7(11(13,14)15)17-9(12)18-8/h4,20H,5-6H2,1-3H3,(H,16,17,18). The molecule has 0 fully saturated rings. The largest absolute Gasteiger partial charge is 0.433 e. The highest BCUT2D eigenvalue weighted by atomic mass is 35.5. The summed E-state index contributed by atoms with van der Waals surface area (Å²) in [5, 5.41) is 12.2. The van der Waals surface area contributed by atoms with Crippen molar-refractivity contribution in [3.63, 3.8) is 0 Å². The van der Waals surface area contributed by atoms with Crippen molar-refractivity contribution in [3.8, 4) is 0 Å². The Morgan fingerprint density at radius 1 is 1.35 bits per heavy atom. The van der Waals surface area contributed by atoms with E-state index in [9.17, 15) is 18.3 Å². The molecule has 1 heterocycles. The normalized spacial score (nSPS) is 15.2. The molecule has 1 rings (SSSR count). The summed E-state index contributed by atoms with van der Waals surface area (Å²) >= 11 is 5.46. The number of nitrogens with one attached hydrogen (secondary N) is 1. The lowest BCUT2D eigenvalue weighted by Gasteiger charge is -2.27. The van der Waals surface area contributed by atoms with Crippen LogP contribution < -0.4 is 5.32 Å². The van der Waals surface area contributed by atoms with E-state index in [0.717, 1.165) is 6.07 Å². The van der Waals surface area contributed by atoms with Crippen molar-refractivity contribution in [1.82, 2.24) is 14.9 Å². The first-order valence-electron chi connectivity index (χ1n) is 5.72. The zero-order valence-electron chi connectivity index (χ0n) is 11.3. The summed E-state index contributed by atoms with van der Waals surface area (Å²) in [6, 6.07) is 0.748. The molecular formula is C11H16ClF3N4O. The smallest absolute Gasteiger partial charge is 0.387 e. The third-order valence-electron chi connectivity index (χ3n) is 2.30. The number of nitrogens with zero attached hydrogens (tertiary/aromatic N) is 3.